The number of rotatable bonds is 4. The van der Waals surface area contributed by atoms with E-state index in [9.17, 15) is 13.6 Å². The van der Waals surface area contributed by atoms with Crippen molar-refractivity contribution in [2.75, 3.05) is 13.2 Å². The third-order valence-corrected chi connectivity index (χ3v) is 2.70. The van der Waals surface area contributed by atoms with E-state index in [4.69, 9.17) is 4.74 Å². The maximum absolute atomic E-state index is 11.9. The Hall–Kier alpha value is -0.910. The molecule has 106 valence electrons. The second kappa shape index (κ2) is 6.31. The fraction of sp³-hybridized carbons (Fsp3) is 0.917. The van der Waals surface area contributed by atoms with E-state index in [2.05, 4.69) is 4.74 Å². The highest BCUT2D eigenvalue weighted by molar-refractivity contribution is 5.68. The summed E-state index contributed by atoms with van der Waals surface area (Å²) >= 11 is 0. The number of carbonyl (C=O) groups is 1. The van der Waals surface area contributed by atoms with Crippen LogP contribution >= 0.6 is 0 Å². The van der Waals surface area contributed by atoms with Crippen LogP contribution in [0.1, 0.15) is 40.0 Å². The Bertz CT molecular complexity index is 279. The summed E-state index contributed by atoms with van der Waals surface area (Å²) < 4.78 is 33.2. The van der Waals surface area contributed by atoms with Crippen molar-refractivity contribution in [3.05, 3.63) is 0 Å². The molecule has 1 heterocycles. The summed E-state index contributed by atoms with van der Waals surface area (Å²) in [7, 11) is 0. The minimum Gasteiger partial charge on any atom is -0.444 e. The fourth-order valence-corrected chi connectivity index (χ4v) is 1.99. The average Bonchev–Trinajstić information content (AvgIpc) is 2.62. The maximum Gasteiger partial charge on any atom is 0.410 e. The van der Waals surface area contributed by atoms with Crippen LogP contribution in [0.2, 0.25) is 0 Å². The van der Waals surface area contributed by atoms with E-state index < -0.39 is 12.2 Å². The molecule has 1 aliphatic heterocycles. The largest absolute Gasteiger partial charge is 0.444 e. The van der Waals surface area contributed by atoms with Crippen LogP contribution in [0.3, 0.4) is 0 Å². The number of likely N-dealkylation sites (tertiary alicyclic amines) is 1. The Balaban J connectivity index is 2.41. The first-order valence-corrected chi connectivity index (χ1v) is 6.19. The first-order chi connectivity index (χ1) is 8.29. The van der Waals surface area contributed by atoms with E-state index in [1.165, 1.54) is 0 Å². The van der Waals surface area contributed by atoms with Gasteiger partial charge in [-0.05, 0) is 40.0 Å². The van der Waals surface area contributed by atoms with Gasteiger partial charge in [0.2, 0.25) is 0 Å². The molecule has 1 atom stereocenters. The third-order valence-electron chi connectivity index (χ3n) is 2.70. The first-order valence-electron chi connectivity index (χ1n) is 6.19. The molecule has 1 unspecified atom stereocenters. The fourth-order valence-electron chi connectivity index (χ4n) is 1.99. The third kappa shape index (κ3) is 5.16. The summed E-state index contributed by atoms with van der Waals surface area (Å²) in [4.78, 5) is 13.5. The predicted molar refractivity (Wildman–Crippen MR) is 62.5 cm³/mol. The lowest BCUT2D eigenvalue weighted by Gasteiger charge is -2.28. The molecule has 1 aliphatic rings. The Morgan fingerprint density at radius 1 is 1.44 bits per heavy atom. The number of hydrogen-bond donors (Lipinski definition) is 0. The molecule has 1 amide bonds. The second-order valence-electron chi connectivity index (χ2n) is 5.39. The summed E-state index contributed by atoms with van der Waals surface area (Å²) in [5.41, 5.74) is -0.538. The van der Waals surface area contributed by atoms with Gasteiger partial charge in [0, 0.05) is 12.6 Å². The Kier molecular flexibility index (Phi) is 5.31. The highest BCUT2D eigenvalue weighted by Crippen LogP contribution is 2.23. The van der Waals surface area contributed by atoms with E-state index in [0.29, 0.717) is 13.0 Å². The van der Waals surface area contributed by atoms with Crippen molar-refractivity contribution in [2.45, 2.75) is 58.3 Å². The Morgan fingerprint density at radius 3 is 2.67 bits per heavy atom. The van der Waals surface area contributed by atoms with E-state index in [1.807, 2.05) is 0 Å². The molecule has 0 N–H and O–H groups in total. The van der Waals surface area contributed by atoms with Gasteiger partial charge in [-0.3, -0.25) is 0 Å². The van der Waals surface area contributed by atoms with E-state index in [1.54, 1.807) is 25.7 Å². The maximum atomic E-state index is 11.9. The lowest BCUT2D eigenvalue weighted by atomic mass is 10.1. The molecule has 4 nitrogen and oxygen atoms in total. The summed E-state index contributed by atoms with van der Waals surface area (Å²) in [6.07, 6.45) is 1.73. The molecule has 0 spiro atoms. The smallest absolute Gasteiger partial charge is 0.410 e. The van der Waals surface area contributed by atoms with Gasteiger partial charge in [0.15, 0.2) is 0 Å². The van der Waals surface area contributed by atoms with Crippen molar-refractivity contribution in [1.29, 1.82) is 0 Å². The van der Waals surface area contributed by atoms with Gasteiger partial charge in [0.05, 0.1) is 6.61 Å². The molecule has 18 heavy (non-hydrogen) atoms. The molecular formula is C12H21F2NO3. The van der Waals surface area contributed by atoms with Crippen molar-refractivity contribution in [2.24, 2.45) is 0 Å². The number of nitrogens with zero attached hydrogens (tertiary/aromatic N) is 1. The number of halogens is 2. The van der Waals surface area contributed by atoms with Gasteiger partial charge in [-0.1, -0.05) is 0 Å². The molecule has 1 saturated heterocycles. The van der Waals surface area contributed by atoms with E-state index in [-0.39, 0.29) is 18.7 Å². The average molecular weight is 265 g/mol. The number of hydrogen-bond acceptors (Lipinski definition) is 3. The van der Waals surface area contributed by atoms with Gasteiger partial charge in [-0.15, -0.1) is 0 Å². The SMILES string of the molecule is CC(C)(C)OC(=O)N1CCCC1CCOC(F)F. The molecule has 0 bridgehead atoms. The zero-order valence-corrected chi connectivity index (χ0v) is 11.1. The Morgan fingerprint density at radius 2 is 2.11 bits per heavy atom. The van der Waals surface area contributed by atoms with Gasteiger partial charge in [0.25, 0.3) is 0 Å². The molecule has 0 aromatic rings. The summed E-state index contributed by atoms with van der Waals surface area (Å²) in [5.74, 6) is 0. The van der Waals surface area contributed by atoms with Crippen molar-refractivity contribution in [3.8, 4) is 0 Å². The molecule has 0 saturated carbocycles. The molecule has 0 radical (unpaired) electrons. The number of alkyl halides is 2. The minimum absolute atomic E-state index is 0.0400. The highest BCUT2D eigenvalue weighted by atomic mass is 19.3. The van der Waals surface area contributed by atoms with Crippen LogP contribution in [0.4, 0.5) is 13.6 Å². The van der Waals surface area contributed by atoms with Gasteiger partial charge in [-0.2, -0.15) is 8.78 Å². The van der Waals surface area contributed by atoms with Crippen LogP contribution in [0, 0.1) is 0 Å². The first kappa shape index (κ1) is 15.1. The van der Waals surface area contributed by atoms with Crippen molar-refractivity contribution < 1.29 is 23.0 Å². The quantitative estimate of drug-likeness (QED) is 0.784. The topological polar surface area (TPSA) is 38.8 Å². The molecule has 1 rings (SSSR count). The normalized spacial score (nSPS) is 20.6. The molecule has 0 aromatic heterocycles. The summed E-state index contributed by atoms with van der Waals surface area (Å²) in [5, 5.41) is 0. The zero-order valence-electron chi connectivity index (χ0n) is 11.1. The highest BCUT2D eigenvalue weighted by Gasteiger charge is 2.31. The Labute approximate surface area is 106 Å². The van der Waals surface area contributed by atoms with Gasteiger partial charge >= 0.3 is 12.7 Å². The molecule has 0 aromatic carbocycles. The molecular weight excluding hydrogens is 244 g/mol. The molecule has 1 fully saturated rings. The summed E-state index contributed by atoms with van der Waals surface area (Å²) in [6.45, 7) is 3.23. The lowest BCUT2D eigenvalue weighted by molar-refractivity contribution is -0.131. The number of amides is 1. The monoisotopic (exact) mass is 265 g/mol. The molecule has 0 aliphatic carbocycles. The van der Waals surface area contributed by atoms with Gasteiger partial charge in [0.1, 0.15) is 5.60 Å². The summed E-state index contributed by atoms with van der Waals surface area (Å²) in [6, 6.07) is -0.0569. The second-order valence-corrected chi connectivity index (χ2v) is 5.39. The van der Waals surface area contributed by atoms with Crippen LogP contribution in [0.5, 0.6) is 0 Å². The molecule has 6 heteroatoms. The van der Waals surface area contributed by atoms with Crippen molar-refractivity contribution >= 4 is 6.09 Å². The van der Waals surface area contributed by atoms with Crippen LogP contribution in [0.15, 0.2) is 0 Å². The lowest BCUT2D eigenvalue weighted by Crippen LogP contribution is -2.40. The van der Waals surface area contributed by atoms with Crippen LogP contribution in [0.25, 0.3) is 0 Å². The standard InChI is InChI=1S/C12H21F2NO3/c1-12(2,3)18-11(16)15-7-4-5-9(15)6-8-17-10(13)14/h9-10H,4-8H2,1-3H3. The van der Waals surface area contributed by atoms with Crippen LogP contribution in [-0.2, 0) is 9.47 Å². The van der Waals surface area contributed by atoms with Crippen LogP contribution < -0.4 is 0 Å². The van der Waals surface area contributed by atoms with Crippen molar-refractivity contribution in [3.63, 3.8) is 0 Å². The van der Waals surface area contributed by atoms with Gasteiger partial charge in [-0.25, -0.2) is 4.79 Å². The van der Waals surface area contributed by atoms with E-state index >= 15 is 0 Å². The minimum atomic E-state index is -2.75. The van der Waals surface area contributed by atoms with E-state index in [0.717, 1.165) is 12.8 Å². The van der Waals surface area contributed by atoms with Gasteiger partial charge < -0.3 is 14.4 Å². The predicted octanol–water partition coefficient (Wildman–Crippen LogP) is 3.02. The van der Waals surface area contributed by atoms with Crippen LogP contribution in [-0.4, -0.2) is 42.4 Å². The zero-order chi connectivity index (χ0) is 13.8. The number of ether oxygens (including phenoxy) is 2. The van der Waals surface area contributed by atoms with Crippen molar-refractivity contribution in [1.82, 2.24) is 4.90 Å². The number of carbonyl (C=O) groups excluding carboxylic acids is 1.